The predicted octanol–water partition coefficient (Wildman–Crippen LogP) is 1.21. The van der Waals surface area contributed by atoms with E-state index in [4.69, 9.17) is 17.3 Å². The van der Waals surface area contributed by atoms with Gasteiger partial charge in [-0.25, -0.2) is 0 Å². The maximum atomic E-state index is 9.54. The Morgan fingerprint density at radius 3 is 3.07 bits per heavy atom. The zero-order chi connectivity index (χ0) is 10.1. The van der Waals surface area contributed by atoms with Crippen molar-refractivity contribution in [3.05, 3.63) is 28.9 Å². The van der Waals surface area contributed by atoms with Gasteiger partial charge in [-0.3, -0.25) is 5.10 Å². The third-order valence-electron chi connectivity index (χ3n) is 2.13. The van der Waals surface area contributed by atoms with Gasteiger partial charge in [0.05, 0.1) is 22.8 Å². The molecule has 1 aromatic heterocycles. The SMILES string of the molecule is NCC(O)c1cc(Cl)c2[nH]ncc2c1. The van der Waals surface area contributed by atoms with E-state index in [-0.39, 0.29) is 6.54 Å². The van der Waals surface area contributed by atoms with Crippen molar-refractivity contribution < 1.29 is 5.11 Å². The van der Waals surface area contributed by atoms with Crippen molar-refractivity contribution in [1.82, 2.24) is 10.2 Å². The molecule has 0 saturated carbocycles. The van der Waals surface area contributed by atoms with E-state index in [2.05, 4.69) is 10.2 Å². The Balaban J connectivity index is 2.58. The molecule has 74 valence electrons. The van der Waals surface area contributed by atoms with Gasteiger partial charge in [-0.2, -0.15) is 5.10 Å². The van der Waals surface area contributed by atoms with Crippen LogP contribution in [0.25, 0.3) is 10.9 Å². The molecule has 1 heterocycles. The van der Waals surface area contributed by atoms with Crippen molar-refractivity contribution >= 4 is 22.5 Å². The van der Waals surface area contributed by atoms with Crippen molar-refractivity contribution in [3.63, 3.8) is 0 Å². The van der Waals surface area contributed by atoms with Gasteiger partial charge in [0, 0.05) is 11.9 Å². The first-order chi connectivity index (χ1) is 6.72. The minimum Gasteiger partial charge on any atom is -0.387 e. The molecule has 0 fully saturated rings. The molecular weight excluding hydrogens is 202 g/mol. The summed E-state index contributed by atoms with van der Waals surface area (Å²) in [6, 6.07) is 3.52. The average Bonchev–Trinajstić information content (AvgIpc) is 2.64. The van der Waals surface area contributed by atoms with E-state index in [0.29, 0.717) is 10.6 Å². The molecule has 0 amide bonds. The Labute approximate surface area is 85.7 Å². The van der Waals surface area contributed by atoms with Gasteiger partial charge in [-0.1, -0.05) is 11.6 Å². The molecule has 0 aliphatic carbocycles. The first-order valence-corrected chi connectivity index (χ1v) is 4.61. The van der Waals surface area contributed by atoms with Crippen LogP contribution in [0, 0.1) is 0 Å². The molecule has 2 aromatic rings. The van der Waals surface area contributed by atoms with Gasteiger partial charge in [0.15, 0.2) is 0 Å². The zero-order valence-electron chi connectivity index (χ0n) is 7.37. The summed E-state index contributed by atoms with van der Waals surface area (Å²) in [4.78, 5) is 0. The van der Waals surface area contributed by atoms with Gasteiger partial charge in [0.2, 0.25) is 0 Å². The van der Waals surface area contributed by atoms with Crippen LogP contribution in [0.4, 0.5) is 0 Å². The van der Waals surface area contributed by atoms with Gasteiger partial charge >= 0.3 is 0 Å². The van der Waals surface area contributed by atoms with E-state index in [1.165, 1.54) is 0 Å². The molecule has 1 aromatic carbocycles. The fourth-order valence-electron chi connectivity index (χ4n) is 1.36. The van der Waals surface area contributed by atoms with Gasteiger partial charge in [0.1, 0.15) is 0 Å². The van der Waals surface area contributed by atoms with Crippen LogP contribution in [0.1, 0.15) is 11.7 Å². The highest BCUT2D eigenvalue weighted by molar-refractivity contribution is 6.35. The highest BCUT2D eigenvalue weighted by atomic mass is 35.5. The van der Waals surface area contributed by atoms with E-state index in [1.54, 1.807) is 12.3 Å². The van der Waals surface area contributed by atoms with Crippen LogP contribution in [0.5, 0.6) is 0 Å². The summed E-state index contributed by atoms with van der Waals surface area (Å²) in [5.41, 5.74) is 6.85. The number of benzene rings is 1. The number of fused-ring (bicyclic) bond motifs is 1. The smallest absolute Gasteiger partial charge is 0.0912 e. The number of aromatic amines is 1. The summed E-state index contributed by atoms with van der Waals surface area (Å²) in [5, 5.41) is 17.6. The maximum Gasteiger partial charge on any atom is 0.0912 e. The van der Waals surface area contributed by atoms with Crippen LogP contribution < -0.4 is 5.73 Å². The number of nitrogens with zero attached hydrogens (tertiary/aromatic N) is 1. The summed E-state index contributed by atoms with van der Waals surface area (Å²) in [5.74, 6) is 0. The molecule has 4 nitrogen and oxygen atoms in total. The van der Waals surface area contributed by atoms with Crippen molar-refractivity contribution in [1.29, 1.82) is 0 Å². The lowest BCUT2D eigenvalue weighted by Gasteiger charge is -2.08. The Bertz CT molecular complexity index is 454. The lowest BCUT2D eigenvalue weighted by Crippen LogP contribution is -2.11. The highest BCUT2D eigenvalue weighted by Gasteiger charge is 2.09. The number of hydrogen-bond acceptors (Lipinski definition) is 3. The molecule has 1 unspecified atom stereocenters. The van der Waals surface area contributed by atoms with Gasteiger partial charge in [-0.15, -0.1) is 0 Å². The zero-order valence-corrected chi connectivity index (χ0v) is 8.12. The molecule has 5 heteroatoms. The van der Waals surface area contributed by atoms with E-state index >= 15 is 0 Å². The second kappa shape index (κ2) is 3.57. The minimum atomic E-state index is -0.674. The summed E-state index contributed by atoms with van der Waals surface area (Å²) < 4.78 is 0. The van der Waals surface area contributed by atoms with Crippen LogP contribution in [0.3, 0.4) is 0 Å². The fourth-order valence-corrected chi connectivity index (χ4v) is 1.64. The molecule has 4 N–H and O–H groups in total. The molecule has 0 spiro atoms. The van der Waals surface area contributed by atoms with Crippen molar-refractivity contribution in [2.45, 2.75) is 6.10 Å². The number of aliphatic hydroxyl groups excluding tert-OH is 1. The molecule has 0 radical (unpaired) electrons. The van der Waals surface area contributed by atoms with Crippen LogP contribution in [-0.4, -0.2) is 21.8 Å². The third kappa shape index (κ3) is 1.48. The number of aliphatic hydroxyl groups is 1. The van der Waals surface area contributed by atoms with Crippen molar-refractivity contribution in [3.8, 4) is 0 Å². The number of H-pyrrole nitrogens is 1. The van der Waals surface area contributed by atoms with Gasteiger partial charge < -0.3 is 10.8 Å². The standard InChI is InChI=1S/C9H10ClN3O/c10-7-2-5(8(14)3-11)1-6-4-12-13-9(6)7/h1-2,4,8,14H,3,11H2,(H,12,13). The Morgan fingerprint density at radius 2 is 2.36 bits per heavy atom. The largest absolute Gasteiger partial charge is 0.387 e. The number of nitrogens with one attached hydrogen (secondary N) is 1. The molecule has 0 aliphatic rings. The molecule has 1 atom stereocenters. The van der Waals surface area contributed by atoms with E-state index in [1.807, 2.05) is 6.07 Å². The molecule has 0 bridgehead atoms. The molecule has 0 saturated heterocycles. The van der Waals surface area contributed by atoms with E-state index < -0.39 is 6.10 Å². The first-order valence-electron chi connectivity index (χ1n) is 4.23. The van der Waals surface area contributed by atoms with Crippen LogP contribution in [-0.2, 0) is 0 Å². The lowest BCUT2D eigenvalue weighted by atomic mass is 10.1. The summed E-state index contributed by atoms with van der Waals surface area (Å²) >= 11 is 5.98. The Kier molecular flexibility index (Phi) is 2.41. The van der Waals surface area contributed by atoms with E-state index in [0.717, 1.165) is 10.9 Å². The third-order valence-corrected chi connectivity index (χ3v) is 2.43. The fraction of sp³-hybridized carbons (Fsp3) is 0.222. The molecule has 14 heavy (non-hydrogen) atoms. The summed E-state index contributed by atoms with van der Waals surface area (Å²) in [6.07, 6.45) is 0.986. The molecule has 0 aliphatic heterocycles. The average molecular weight is 212 g/mol. The summed E-state index contributed by atoms with van der Waals surface area (Å²) in [7, 11) is 0. The summed E-state index contributed by atoms with van der Waals surface area (Å²) in [6.45, 7) is 0.180. The molecular formula is C9H10ClN3O. The Morgan fingerprint density at radius 1 is 1.57 bits per heavy atom. The maximum absolute atomic E-state index is 9.54. The Hall–Kier alpha value is -1.10. The topological polar surface area (TPSA) is 74.9 Å². The lowest BCUT2D eigenvalue weighted by molar-refractivity contribution is 0.187. The number of aromatic nitrogens is 2. The second-order valence-electron chi connectivity index (χ2n) is 3.09. The monoisotopic (exact) mass is 211 g/mol. The quantitative estimate of drug-likeness (QED) is 0.699. The van der Waals surface area contributed by atoms with Gasteiger partial charge in [0.25, 0.3) is 0 Å². The normalized spacial score (nSPS) is 13.4. The van der Waals surface area contributed by atoms with E-state index in [9.17, 15) is 5.11 Å². The first kappa shape index (κ1) is 9.45. The second-order valence-corrected chi connectivity index (χ2v) is 3.50. The van der Waals surface area contributed by atoms with Crippen LogP contribution in [0.15, 0.2) is 18.3 Å². The number of rotatable bonds is 2. The number of hydrogen-bond donors (Lipinski definition) is 3. The van der Waals surface area contributed by atoms with Gasteiger partial charge in [-0.05, 0) is 17.7 Å². The predicted molar refractivity (Wildman–Crippen MR) is 55.1 cm³/mol. The van der Waals surface area contributed by atoms with Crippen LogP contribution >= 0.6 is 11.6 Å². The van der Waals surface area contributed by atoms with Crippen molar-refractivity contribution in [2.75, 3.05) is 6.54 Å². The van der Waals surface area contributed by atoms with Crippen LogP contribution in [0.2, 0.25) is 5.02 Å². The highest BCUT2D eigenvalue weighted by Crippen LogP contribution is 2.25. The number of halogens is 1. The van der Waals surface area contributed by atoms with Crippen molar-refractivity contribution in [2.24, 2.45) is 5.73 Å². The minimum absolute atomic E-state index is 0.180. The molecule has 2 rings (SSSR count). The number of nitrogens with two attached hydrogens (primary N) is 1.